The van der Waals surface area contributed by atoms with Gasteiger partial charge in [0, 0.05) is 16.5 Å². The molecule has 3 fully saturated rings. The first kappa shape index (κ1) is 23.5. The van der Waals surface area contributed by atoms with Crippen molar-refractivity contribution >= 4 is 28.9 Å². The molecule has 7 nitrogen and oxygen atoms in total. The monoisotopic (exact) mass is 486 g/mol. The highest BCUT2D eigenvalue weighted by Gasteiger charge is 2.53. The molecule has 4 rings (SSSR count). The molecule has 0 spiro atoms. The third kappa shape index (κ3) is 4.68. The second-order valence-corrected chi connectivity index (χ2v) is 16.0. The van der Waals surface area contributed by atoms with Gasteiger partial charge in [0.2, 0.25) is 5.69 Å². The molecule has 1 saturated carbocycles. The maximum Gasteiger partial charge on any atom is 0.330 e. The summed E-state index contributed by atoms with van der Waals surface area (Å²) in [5.41, 5.74) is -1.61. The minimum absolute atomic E-state index is 0.00703. The average Bonchev–Trinajstić information content (AvgIpc) is 3.18. The molecule has 0 bridgehead atoms. The molecule has 172 valence electrons. The maximum atomic E-state index is 12.2. The lowest BCUT2D eigenvalue weighted by atomic mass is 9.77. The number of fused-ring (bicyclic) bond motifs is 1. The fourth-order valence-corrected chi connectivity index (χ4v) is 11.8. The van der Waals surface area contributed by atoms with Crippen molar-refractivity contribution in [2.75, 3.05) is 6.61 Å². The van der Waals surface area contributed by atoms with Crippen LogP contribution in [0.25, 0.3) is 0 Å². The van der Waals surface area contributed by atoms with E-state index in [0.29, 0.717) is 24.5 Å². The Hall–Kier alpha value is -0.700. The van der Waals surface area contributed by atoms with Crippen molar-refractivity contribution in [3.05, 3.63) is 44.8 Å². The third-order valence-electron chi connectivity index (χ3n) is 6.84. The molecule has 3 heterocycles. The fraction of sp³-hybridized carbons (Fsp3) is 0.714. The van der Waals surface area contributed by atoms with Gasteiger partial charge in [0.1, 0.15) is 6.23 Å². The summed E-state index contributed by atoms with van der Waals surface area (Å²) in [4.78, 5) is 26.2. The largest absolute Gasteiger partial charge is 0.352 e. The molecular weight excluding hydrogens is 455 g/mol. The average molecular weight is 487 g/mol. The number of nitrogens with zero attached hydrogens (tertiary/aromatic N) is 1. The first-order valence-corrected chi connectivity index (χ1v) is 14.8. The number of ether oxygens (including phenoxy) is 1. The molecule has 1 N–H and O–H groups in total. The van der Waals surface area contributed by atoms with Crippen LogP contribution in [0, 0.1) is 18.8 Å². The molecule has 2 aliphatic heterocycles. The van der Waals surface area contributed by atoms with Crippen LogP contribution in [0.4, 0.5) is 0 Å². The molecule has 1 aromatic rings. The Labute approximate surface area is 191 Å². The van der Waals surface area contributed by atoms with Crippen LogP contribution in [-0.2, 0) is 25.6 Å². The zero-order valence-electron chi connectivity index (χ0n) is 18.5. The van der Waals surface area contributed by atoms with Crippen LogP contribution in [-0.4, -0.2) is 33.1 Å². The normalized spacial score (nSPS) is 40.1. The number of hydrogen-bond acceptors (Lipinski definition) is 7. The summed E-state index contributed by atoms with van der Waals surface area (Å²) in [6.07, 6.45) is 4.82. The minimum atomic E-state index is -2.47. The lowest BCUT2D eigenvalue weighted by Gasteiger charge is -2.37. The molecule has 1 aliphatic carbocycles. The summed E-state index contributed by atoms with van der Waals surface area (Å²) in [5, 5.41) is 0. The Bertz CT molecular complexity index is 1040. The second-order valence-electron chi connectivity index (χ2n) is 9.38. The highest BCUT2D eigenvalue weighted by Crippen LogP contribution is 2.75. The molecule has 0 radical (unpaired) electrons. The van der Waals surface area contributed by atoms with Gasteiger partial charge < -0.3 is 13.8 Å². The summed E-state index contributed by atoms with van der Waals surface area (Å²) in [7, 11) is 0. The first-order valence-electron chi connectivity index (χ1n) is 10.8. The maximum absolute atomic E-state index is 12.2. The number of nitrogens with one attached hydrogen (secondary N) is 1. The lowest BCUT2D eigenvalue weighted by molar-refractivity contribution is -0.0273. The summed E-state index contributed by atoms with van der Waals surface area (Å²) in [6.45, 7) is 12.5. The van der Waals surface area contributed by atoms with Crippen molar-refractivity contribution in [3.8, 4) is 0 Å². The Morgan fingerprint density at radius 1 is 1.48 bits per heavy atom. The van der Waals surface area contributed by atoms with E-state index < -0.39 is 17.6 Å². The standard InChI is InChI=1S/C21H31N2O5PS2/c1-12(2)15-6-7-21(5)17(9-15)28-29(30,31-21)26-11-16-13(3)8-18(27-16)23-10-14(4)19(24)22-20(23)25/h10,13,15-18H,1,6-9,11H2,2-5H3,(H,22,24,25)/t13-,15+,16+,17-,18+,21-,29-/m0/s1. The molecule has 0 unspecified atom stereocenters. The molecule has 1 aromatic heterocycles. The molecule has 7 atom stereocenters. The summed E-state index contributed by atoms with van der Waals surface area (Å²) in [6, 6.07) is 0. The molecule has 31 heavy (non-hydrogen) atoms. The van der Waals surface area contributed by atoms with E-state index in [-0.39, 0.29) is 28.4 Å². The number of rotatable bonds is 5. The van der Waals surface area contributed by atoms with Gasteiger partial charge in [-0.2, -0.15) is 0 Å². The molecule has 2 saturated heterocycles. The van der Waals surface area contributed by atoms with Crippen LogP contribution in [0.5, 0.6) is 0 Å². The van der Waals surface area contributed by atoms with Gasteiger partial charge in [-0.3, -0.25) is 14.3 Å². The van der Waals surface area contributed by atoms with Crippen molar-refractivity contribution in [2.24, 2.45) is 11.8 Å². The SMILES string of the molecule is C=C(C)[C@@H]1CC[C@]2(C)S[P@@](=S)(OC[C@H]3O[C@@H](n4cc(C)c(=O)[nH]c4=O)C[C@@H]3C)O[C@H]2C1. The van der Waals surface area contributed by atoms with Crippen LogP contribution in [0.3, 0.4) is 0 Å². The van der Waals surface area contributed by atoms with E-state index in [4.69, 9.17) is 25.6 Å². The number of hydrogen-bond donors (Lipinski definition) is 1. The van der Waals surface area contributed by atoms with Crippen LogP contribution in [0.2, 0.25) is 0 Å². The van der Waals surface area contributed by atoms with Crippen LogP contribution < -0.4 is 11.2 Å². The molecule has 3 aliphatic rings. The van der Waals surface area contributed by atoms with Gasteiger partial charge in [0.05, 0.1) is 18.8 Å². The zero-order valence-corrected chi connectivity index (χ0v) is 21.0. The van der Waals surface area contributed by atoms with Crippen LogP contribution in [0.15, 0.2) is 27.9 Å². The van der Waals surface area contributed by atoms with E-state index >= 15 is 0 Å². The Balaban J connectivity index is 1.40. The number of allylic oxidation sites excluding steroid dienone is 1. The smallest absolute Gasteiger partial charge is 0.330 e. The number of aryl methyl sites for hydroxylation is 1. The fourth-order valence-electron chi connectivity index (χ4n) is 4.65. The highest BCUT2D eigenvalue weighted by atomic mass is 32.9. The van der Waals surface area contributed by atoms with E-state index in [9.17, 15) is 9.59 Å². The first-order chi connectivity index (χ1) is 14.5. The number of H-pyrrole nitrogens is 1. The summed E-state index contributed by atoms with van der Waals surface area (Å²) in [5.74, 6) is 0.669. The van der Waals surface area contributed by atoms with E-state index in [1.54, 1.807) is 24.5 Å². The van der Waals surface area contributed by atoms with Crippen molar-refractivity contribution in [2.45, 2.75) is 76.6 Å². The predicted octanol–water partition coefficient (Wildman–Crippen LogP) is 4.28. The molecular formula is C21H31N2O5PS2. The number of aromatic amines is 1. The zero-order chi connectivity index (χ0) is 22.6. The van der Waals surface area contributed by atoms with E-state index in [1.807, 2.05) is 0 Å². The quantitative estimate of drug-likeness (QED) is 0.491. The minimum Gasteiger partial charge on any atom is -0.352 e. The molecule has 0 amide bonds. The summed E-state index contributed by atoms with van der Waals surface area (Å²) < 4.78 is 20.2. The van der Waals surface area contributed by atoms with Gasteiger partial charge in [-0.15, -0.1) is 0 Å². The van der Waals surface area contributed by atoms with Crippen LogP contribution >= 0.6 is 17.1 Å². The van der Waals surface area contributed by atoms with Gasteiger partial charge >= 0.3 is 5.69 Å². The second kappa shape index (κ2) is 8.58. The van der Waals surface area contributed by atoms with Crippen molar-refractivity contribution < 1.29 is 13.8 Å². The topological polar surface area (TPSA) is 82.5 Å². The molecule has 10 heteroatoms. The van der Waals surface area contributed by atoms with E-state index in [0.717, 1.165) is 19.3 Å². The Morgan fingerprint density at radius 2 is 2.23 bits per heavy atom. The van der Waals surface area contributed by atoms with Gasteiger partial charge in [-0.1, -0.05) is 30.5 Å². The lowest BCUT2D eigenvalue weighted by Crippen LogP contribution is -2.39. The third-order valence-corrected chi connectivity index (χ3v) is 12.7. The predicted molar refractivity (Wildman–Crippen MR) is 127 cm³/mol. The van der Waals surface area contributed by atoms with Crippen molar-refractivity contribution in [1.82, 2.24) is 9.55 Å². The van der Waals surface area contributed by atoms with Gasteiger partial charge in [-0.25, -0.2) is 4.79 Å². The highest BCUT2D eigenvalue weighted by molar-refractivity contribution is 8.68. The Morgan fingerprint density at radius 3 is 2.94 bits per heavy atom. The Kier molecular flexibility index (Phi) is 6.49. The number of aromatic nitrogens is 2. The summed E-state index contributed by atoms with van der Waals surface area (Å²) >= 11 is 7.56. The van der Waals surface area contributed by atoms with Crippen molar-refractivity contribution in [1.29, 1.82) is 0 Å². The van der Waals surface area contributed by atoms with Crippen LogP contribution in [0.1, 0.15) is 58.2 Å². The van der Waals surface area contributed by atoms with Crippen molar-refractivity contribution in [3.63, 3.8) is 0 Å². The van der Waals surface area contributed by atoms with Gasteiger partial charge in [0.25, 0.3) is 5.56 Å². The molecule has 0 aromatic carbocycles. The van der Waals surface area contributed by atoms with E-state index in [1.165, 1.54) is 10.1 Å². The van der Waals surface area contributed by atoms with Gasteiger partial charge in [0.15, 0.2) is 0 Å². The van der Waals surface area contributed by atoms with E-state index in [2.05, 4.69) is 32.3 Å². The van der Waals surface area contributed by atoms with Gasteiger partial charge in [-0.05, 0) is 70.1 Å².